The van der Waals surface area contributed by atoms with Gasteiger partial charge in [-0.2, -0.15) is 0 Å². The van der Waals surface area contributed by atoms with Gasteiger partial charge < -0.3 is 4.42 Å². The number of hydrogen-bond acceptors (Lipinski definition) is 3. The van der Waals surface area contributed by atoms with Crippen molar-refractivity contribution in [2.45, 2.75) is 19.3 Å². The molecule has 0 radical (unpaired) electrons. The summed E-state index contributed by atoms with van der Waals surface area (Å²) in [6.07, 6.45) is 0. The maximum Gasteiger partial charge on any atom is 0.180 e. The molecule has 0 N–H and O–H groups in total. The second-order valence-corrected chi connectivity index (χ2v) is 15.0. The SMILES string of the molecule is CC1(C)c2ccccc2-c2cc(-c3nc(-c4ccc(-c5ccc6ccccc6c5)cc4)c4oc5ccccc5c4n3)c3cc(-c4ccccc4)ccc3c21. The Morgan fingerprint density at radius 3 is 1.98 bits per heavy atom. The van der Waals surface area contributed by atoms with Crippen LogP contribution in [-0.2, 0) is 5.41 Å². The highest BCUT2D eigenvalue weighted by atomic mass is 16.3. The second kappa shape index (κ2) is 11.6. The van der Waals surface area contributed by atoms with E-state index in [0.29, 0.717) is 11.4 Å². The number of rotatable bonds is 4. The molecular weight excluding hydrogens is 657 g/mol. The topological polar surface area (TPSA) is 38.9 Å². The highest BCUT2D eigenvalue weighted by Gasteiger charge is 2.37. The molecule has 0 fully saturated rings. The number of nitrogens with zero attached hydrogens (tertiary/aromatic N) is 2. The van der Waals surface area contributed by atoms with Crippen LogP contribution in [0.25, 0.3) is 99.6 Å². The van der Waals surface area contributed by atoms with Crippen molar-refractivity contribution in [3.63, 3.8) is 0 Å². The molecule has 0 saturated carbocycles. The zero-order valence-electron chi connectivity index (χ0n) is 30.0. The maximum absolute atomic E-state index is 6.58. The van der Waals surface area contributed by atoms with Gasteiger partial charge in [-0.25, -0.2) is 9.97 Å². The van der Waals surface area contributed by atoms with E-state index in [0.717, 1.165) is 49.8 Å². The molecule has 54 heavy (non-hydrogen) atoms. The molecular formula is C51H34N2O. The van der Waals surface area contributed by atoms with Crippen LogP contribution in [0.4, 0.5) is 0 Å². The van der Waals surface area contributed by atoms with E-state index in [9.17, 15) is 0 Å². The van der Waals surface area contributed by atoms with Crippen LogP contribution in [0.1, 0.15) is 25.0 Å². The van der Waals surface area contributed by atoms with E-state index in [1.54, 1.807) is 0 Å². The number of furan rings is 1. The Kier molecular flexibility index (Phi) is 6.60. The highest BCUT2D eigenvalue weighted by molar-refractivity contribution is 6.10. The van der Waals surface area contributed by atoms with Crippen LogP contribution in [0.15, 0.2) is 174 Å². The molecule has 0 bridgehead atoms. The van der Waals surface area contributed by atoms with Crippen LogP contribution in [0.2, 0.25) is 0 Å². The van der Waals surface area contributed by atoms with Crippen molar-refractivity contribution >= 4 is 43.6 Å². The summed E-state index contributed by atoms with van der Waals surface area (Å²) >= 11 is 0. The van der Waals surface area contributed by atoms with Crippen molar-refractivity contribution in [3.05, 3.63) is 181 Å². The van der Waals surface area contributed by atoms with Gasteiger partial charge in [0.1, 0.15) is 16.8 Å². The fraction of sp³-hybridized carbons (Fsp3) is 0.0588. The molecule has 2 aromatic heterocycles. The average Bonchev–Trinajstić information content (AvgIpc) is 3.72. The van der Waals surface area contributed by atoms with Crippen molar-refractivity contribution in [1.82, 2.24) is 9.97 Å². The highest BCUT2D eigenvalue weighted by Crippen LogP contribution is 2.53. The third-order valence-corrected chi connectivity index (χ3v) is 11.5. The van der Waals surface area contributed by atoms with Gasteiger partial charge in [-0.1, -0.05) is 153 Å². The Hall–Kier alpha value is -6.84. The van der Waals surface area contributed by atoms with Gasteiger partial charge in [-0.05, 0) is 96.4 Å². The van der Waals surface area contributed by atoms with Gasteiger partial charge in [-0.15, -0.1) is 0 Å². The monoisotopic (exact) mass is 690 g/mol. The first kappa shape index (κ1) is 30.8. The summed E-state index contributed by atoms with van der Waals surface area (Å²) in [6.45, 7) is 4.70. The molecule has 2 heterocycles. The molecule has 0 amide bonds. The first-order valence-electron chi connectivity index (χ1n) is 18.6. The summed E-state index contributed by atoms with van der Waals surface area (Å²) in [4.78, 5) is 10.8. The number of aromatic nitrogens is 2. The number of hydrogen-bond donors (Lipinski definition) is 0. The first-order chi connectivity index (χ1) is 26.5. The van der Waals surface area contributed by atoms with Crippen molar-refractivity contribution in [2.24, 2.45) is 0 Å². The summed E-state index contributed by atoms with van der Waals surface area (Å²) in [7, 11) is 0. The molecule has 0 atom stereocenters. The molecule has 1 aliphatic carbocycles. The van der Waals surface area contributed by atoms with Gasteiger partial charge >= 0.3 is 0 Å². The molecule has 10 aromatic rings. The molecule has 1 aliphatic rings. The third kappa shape index (κ3) is 4.61. The fourth-order valence-corrected chi connectivity index (χ4v) is 8.80. The minimum absolute atomic E-state index is 0.166. The maximum atomic E-state index is 6.58. The van der Waals surface area contributed by atoms with Crippen LogP contribution in [-0.4, -0.2) is 9.97 Å². The van der Waals surface area contributed by atoms with Gasteiger partial charge in [0.05, 0.1) is 0 Å². The van der Waals surface area contributed by atoms with Crippen molar-refractivity contribution in [2.75, 3.05) is 0 Å². The summed E-state index contributed by atoms with van der Waals surface area (Å²) in [5, 5.41) is 5.81. The second-order valence-electron chi connectivity index (χ2n) is 15.0. The predicted molar refractivity (Wildman–Crippen MR) is 224 cm³/mol. The smallest absolute Gasteiger partial charge is 0.180 e. The summed E-state index contributed by atoms with van der Waals surface area (Å²) in [6, 6.07) is 60.7. The normalized spacial score (nSPS) is 13.1. The summed E-state index contributed by atoms with van der Waals surface area (Å²) in [5.41, 5.74) is 14.8. The Balaban J connectivity index is 1.17. The Morgan fingerprint density at radius 1 is 0.444 bits per heavy atom. The van der Waals surface area contributed by atoms with Crippen LogP contribution >= 0.6 is 0 Å². The minimum atomic E-state index is -0.166. The zero-order valence-corrected chi connectivity index (χ0v) is 30.0. The van der Waals surface area contributed by atoms with Gasteiger partial charge in [0.15, 0.2) is 11.4 Å². The number of fused-ring (bicyclic) bond motifs is 9. The third-order valence-electron chi connectivity index (χ3n) is 11.5. The van der Waals surface area contributed by atoms with Crippen LogP contribution in [0.3, 0.4) is 0 Å². The molecule has 8 aromatic carbocycles. The molecule has 11 rings (SSSR count). The van der Waals surface area contributed by atoms with Gasteiger partial charge in [-0.3, -0.25) is 0 Å². The Bertz CT molecular complexity index is 3120. The van der Waals surface area contributed by atoms with Crippen molar-refractivity contribution in [1.29, 1.82) is 0 Å². The first-order valence-corrected chi connectivity index (χ1v) is 18.6. The van der Waals surface area contributed by atoms with E-state index < -0.39 is 0 Å². The van der Waals surface area contributed by atoms with E-state index in [2.05, 4.69) is 166 Å². The van der Waals surface area contributed by atoms with E-state index in [1.807, 2.05) is 18.2 Å². The summed E-state index contributed by atoms with van der Waals surface area (Å²) < 4.78 is 6.58. The van der Waals surface area contributed by atoms with Gasteiger partial charge in [0, 0.05) is 21.9 Å². The molecule has 0 saturated heterocycles. The zero-order chi connectivity index (χ0) is 36.0. The average molecular weight is 691 g/mol. The molecule has 254 valence electrons. The molecule has 0 spiro atoms. The van der Waals surface area contributed by atoms with E-state index in [1.165, 1.54) is 49.5 Å². The molecule has 0 aliphatic heterocycles. The lowest BCUT2D eigenvalue weighted by Gasteiger charge is -2.24. The minimum Gasteiger partial charge on any atom is -0.452 e. The molecule has 3 nitrogen and oxygen atoms in total. The van der Waals surface area contributed by atoms with Gasteiger partial charge in [0.25, 0.3) is 0 Å². The fourth-order valence-electron chi connectivity index (χ4n) is 8.80. The van der Waals surface area contributed by atoms with E-state index >= 15 is 0 Å². The van der Waals surface area contributed by atoms with Crippen LogP contribution in [0.5, 0.6) is 0 Å². The lowest BCUT2D eigenvalue weighted by Crippen LogP contribution is -2.15. The Labute approximate surface area is 313 Å². The van der Waals surface area contributed by atoms with Crippen molar-refractivity contribution in [3.8, 4) is 56.0 Å². The predicted octanol–water partition coefficient (Wildman–Crippen LogP) is 13.7. The van der Waals surface area contributed by atoms with E-state index in [4.69, 9.17) is 14.4 Å². The molecule has 0 unspecified atom stereocenters. The quantitative estimate of drug-likeness (QED) is 0.184. The Morgan fingerprint density at radius 2 is 1.11 bits per heavy atom. The molecule has 3 heteroatoms. The van der Waals surface area contributed by atoms with Crippen molar-refractivity contribution < 1.29 is 4.42 Å². The largest absolute Gasteiger partial charge is 0.452 e. The van der Waals surface area contributed by atoms with Crippen LogP contribution in [0, 0.1) is 0 Å². The van der Waals surface area contributed by atoms with Gasteiger partial charge in [0.2, 0.25) is 0 Å². The number of benzene rings is 8. The lowest BCUT2D eigenvalue weighted by molar-refractivity contribution is 0.666. The number of para-hydroxylation sites is 1. The van der Waals surface area contributed by atoms with E-state index in [-0.39, 0.29) is 5.41 Å². The van der Waals surface area contributed by atoms with Crippen LogP contribution < -0.4 is 0 Å². The standard InChI is InChI=1S/C51H34N2O/c1-51(2)44-18-10-8-16-38(44)42-30-43(41-29-37(26-27-39(41)46(42)51)31-12-4-3-5-13-31)50-52-47(49-48(53-50)40-17-9-11-19-45(40)54-49)34-23-20-33(21-24-34)36-25-22-32-14-6-7-15-35(32)28-36/h3-30H,1-2H3. The summed E-state index contributed by atoms with van der Waals surface area (Å²) in [5.74, 6) is 0.683. The lowest BCUT2D eigenvalue weighted by atomic mass is 9.79.